The van der Waals surface area contributed by atoms with Crippen molar-refractivity contribution in [3.8, 4) is 11.9 Å². The third-order valence-electron chi connectivity index (χ3n) is 5.50. The highest BCUT2D eigenvalue weighted by Crippen LogP contribution is 2.35. The molecule has 0 unspecified atom stereocenters. The van der Waals surface area contributed by atoms with Crippen molar-refractivity contribution >= 4 is 50.5 Å². The highest BCUT2D eigenvalue weighted by molar-refractivity contribution is 9.10. The van der Waals surface area contributed by atoms with Crippen molar-refractivity contribution in [2.45, 2.75) is 25.3 Å². The van der Waals surface area contributed by atoms with E-state index >= 15 is 0 Å². The fraction of sp³-hybridized carbons (Fsp3) is 0.182. The van der Waals surface area contributed by atoms with Gasteiger partial charge in [-0.3, -0.25) is 9.59 Å². The molecule has 170 valence electrons. The van der Waals surface area contributed by atoms with Crippen LogP contribution in [0, 0.1) is 18.3 Å². The van der Waals surface area contributed by atoms with Crippen LogP contribution < -0.4 is 10.6 Å². The number of aromatic nitrogens is 5. The molecular weight excluding hydrogens is 524 g/mol. The zero-order valence-corrected chi connectivity index (χ0v) is 20.1. The zero-order chi connectivity index (χ0) is 24.0. The Kier molecular flexibility index (Phi) is 5.34. The molecule has 5 rings (SSSR count). The van der Waals surface area contributed by atoms with Crippen LogP contribution in [0.1, 0.15) is 39.4 Å². The number of nitrogens with one attached hydrogen (secondary N) is 2. The van der Waals surface area contributed by atoms with Gasteiger partial charge in [0.15, 0.2) is 11.5 Å². The molecular formula is C22H16BrClN8O2. The SMILES string of the molecule is Cc1cc2ccnn2c(C(=O)NC2(C#N)CC2)c1NC(=O)c1cc(Br)nn1-c1ncccc1Cl. The van der Waals surface area contributed by atoms with Gasteiger partial charge in [0.05, 0.1) is 28.5 Å². The van der Waals surface area contributed by atoms with Gasteiger partial charge < -0.3 is 10.6 Å². The van der Waals surface area contributed by atoms with Gasteiger partial charge in [-0.1, -0.05) is 11.6 Å². The lowest BCUT2D eigenvalue weighted by Crippen LogP contribution is -2.37. The number of rotatable bonds is 5. The Morgan fingerprint density at radius 1 is 1.24 bits per heavy atom. The van der Waals surface area contributed by atoms with Crippen LogP contribution in [0.2, 0.25) is 5.02 Å². The maximum Gasteiger partial charge on any atom is 0.274 e. The average Bonchev–Trinajstić information content (AvgIpc) is 3.23. The molecule has 12 heteroatoms. The van der Waals surface area contributed by atoms with Gasteiger partial charge in [-0.25, -0.2) is 14.2 Å². The maximum atomic E-state index is 13.4. The molecule has 34 heavy (non-hydrogen) atoms. The molecule has 0 spiro atoms. The number of fused-ring (bicyclic) bond motifs is 1. The molecule has 1 saturated carbocycles. The summed E-state index contributed by atoms with van der Waals surface area (Å²) in [5.41, 5.74) is 0.972. The topological polar surface area (TPSA) is 130 Å². The Morgan fingerprint density at radius 2 is 2.03 bits per heavy atom. The average molecular weight is 540 g/mol. The van der Waals surface area contributed by atoms with Crippen LogP contribution in [-0.4, -0.2) is 41.7 Å². The monoisotopic (exact) mass is 538 g/mol. The molecule has 4 heterocycles. The maximum absolute atomic E-state index is 13.4. The molecule has 0 radical (unpaired) electrons. The second-order valence-electron chi connectivity index (χ2n) is 7.89. The van der Waals surface area contributed by atoms with Crippen LogP contribution >= 0.6 is 27.5 Å². The van der Waals surface area contributed by atoms with Crippen molar-refractivity contribution in [1.82, 2.24) is 29.7 Å². The van der Waals surface area contributed by atoms with E-state index in [0.29, 0.717) is 33.5 Å². The first kappa shape index (κ1) is 22.1. The minimum absolute atomic E-state index is 0.121. The van der Waals surface area contributed by atoms with Crippen LogP contribution in [0.15, 0.2) is 47.3 Å². The van der Waals surface area contributed by atoms with E-state index < -0.39 is 17.4 Å². The first-order valence-corrected chi connectivity index (χ1v) is 11.4. The van der Waals surface area contributed by atoms with Crippen LogP contribution in [0.4, 0.5) is 5.69 Å². The lowest BCUT2D eigenvalue weighted by atomic mass is 10.1. The van der Waals surface area contributed by atoms with Gasteiger partial charge in [-0.05, 0) is 65.5 Å². The van der Waals surface area contributed by atoms with E-state index in [0.717, 1.165) is 0 Å². The number of hydrogen-bond acceptors (Lipinski definition) is 6. The second-order valence-corrected chi connectivity index (χ2v) is 9.11. The Hall–Kier alpha value is -3.75. The van der Waals surface area contributed by atoms with E-state index in [9.17, 15) is 14.9 Å². The largest absolute Gasteiger partial charge is 0.332 e. The lowest BCUT2D eigenvalue weighted by molar-refractivity contribution is 0.0935. The minimum atomic E-state index is -0.888. The number of pyridine rings is 2. The summed E-state index contributed by atoms with van der Waals surface area (Å²) in [6, 6.07) is 10.5. The predicted octanol–water partition coefficient (Wildman–Crippen LogP) is 3.68. The molecule has 2 N–H and O–H groups in total. The summed E-state index contributed by atoms with van der Waals surface area (Å²) >= 11 is 9.56. The van der Waals surface area contributed by atoms with E-state index in [2.05, 4.69) is 47.8 Å². The van der Waals surface area contributed by atoms with E-state index in [1.807, 2.05) is 0 Å². The Balaban J connectivity index is 1.57. The number of carbonyl (C=O) groups is 2. The molecule has 2 amide bonds. The Morgan fingerprint density at radius 3 is 2.74 bits per heavy atom. The molecule has 1 aliphatic carbocycles. The number of aryl methyl sites for hydroxylation is 1. The molecule has 1 aliphatic rings. The molecule has 0 aliphatic heterocycles. The lowest BCUT2D eigenvalue weighted by Gasteiger charge is -2.17. The molecule has 10 nitrogen and oxygen atoms in total. The zero-order valence-electron chi connectivity index (χ0n) is 17.7. The normalized spacial score (nSPS) is 13.9. The summed E-state index contributed by atoms with van der Waals surface area (Å²) in [5.74, 6) is -0.763. The quantitative estimate of drug-likeness (QED) is 0.398. The van der Waals surface area contributed by atoms with Gasteiger partial charge in [0, 0.05) is 12.3 Å². The summed E-state index contributed by atoms with van der Waals surface area (Å²) in [6.07, 6.45) is 4.25. The van der Waals surface area contributed by atoms with Gasteiger partial charge in [0.2, 0.25) is 0 Å². The summed E-state index contributed by atoms with van der Waals surface area (Å²) in [7, 11) is 0. The van der Waals surface area contributed by atoms with Gasteiger partial charge in [0.1, 0.15) is 15.8 Å². The number of nitriles is 1. The van der Waals surface area contributed by atoms with Crippen LogP contribution in [0.5, 0.6) is 0 Å². The van der Waals surface area contributed by atoms with Crippen molar-refractivity contribution in [2.75, 3.05) is 5.32 Å². The summed E-state index contributed by atoms with van der Waals surface area (Å²) in [6.45, 7) is 1.78. The second kappa shape index (κ2) is 8.23. The molecule has 4 aromatic heterocycles. The van der Waals surface area contributed by atoms with E-state index in [-0.39, 0.29) is 22.9 Å². The molecule has 4 aromatic rings. The standard InChI is InChI=1S/C22H16BrClN8O2/c1-12-9-13-4-8-27-31(13)18(21(34)29-22(11-25)5-6-22)17(12)28-20(33)15-10-16(23)30-32(15)19-14(24)3-2-7-26-19/h2-4,7-10H,5-6H2,1H3,(H,28,33)(H,29,34). The Labute approximate surface area is 206 Å². The number of amides is 2. The van der Waals surface area contributed by atoms with Crippen molar-refractivity contribution < 1.29 is 9.59 Å². The summed E-state index contributed by atoms with van der Waals surface area (Å²) < 4.78 is 3.16. The van der Waals surface area contributed by atoms with Crippen LogP contribution in [0.25, 0.3) is 11.3 Å². The number of hydrogen-bond donors (Lipinski definition) is 2. The summed E-state index contributed by atoms with van der Waals surface area (Å²) in [5, 5.41) is 23.9. The van der Waals surface area contributed by atoms with Crippen molar-refractivity contribution in [1.29, 1.82) is 5.26 Å². The van der Waals surface area contributed by atoms with Crippen molar-refractivity contribution in [3.63, 3.8) is 0 Å². The van der Waals surface area contributed by atoms with Crippen LogP contribution in [0.3, 0.4) is 0 Å². The van der Waals surface area contributed by atoms with Crippen molar-refractivity contribution in [2.24, 2.45) is 0 Å². The minimum Gasteiger partial charge on any atom is -0.332 e. The van der Waals surface area contributed by atoms with Gasteiger partial charge in [-0.2, -0.15) is 15.5 Å². The third kappa shape index (κ3) is 3.81. The number of nitrogens with zero attached hydrogens (tertiary/aromatic N) is 6. The van der Waals surface area contributed by atoms with Gasteiger partial charge in [-0.15, -0.1) is 0 Å². The van der Waals surface area contributed by atoms with Gasteiger partial charge in [0.25, 0.3) is 11.8 Å². The van der Waals surface area contributed by atoms with Crippen LogP contribution in [-0.2, 0) is 0 Å². The van der Waals surface area contributed by atoms with Crippen molar-refractivity contribution in [3.05, 3.63) is 69.3 Å². The highest BCUT2D eigenvalue weighted by atomic mass is 79.9. The van der Waals surface area contributed by atoms with E-state index in [1.54, 1.807) is 43.6 Å². The first-order chi connectivity index (χ1) is 16.3. The molecule has 0 aromatic carbocycles. The molecule has 1 fully saturated rings. The molecule has 0 atom stereocenters. The Bertz CT molecular complexity index is 1520. The highest BCUT2D eigenvalue weighted by Gasteiger charge is 2.45. The first-order valence-electron chi connectivity index (χ1n) is 10.2. The predicted molar refractivity (Wildman–Crippen MR) is 127 cm³/mol. The molecule has 0 saturated heterocycles. The number of halogens is 2. The fourth-order valence-corrected chi connectivity index (χ4v) is 4.19. The smallest absolute Gasteiger partial charge is 0.274 e. The fourth-order valence-electron chi connectivity index (χ4n) is 3.62. The van der Waals surface area contributed by atoms with Gasteiger partial charge >= 0.3 is 0 Å². The number of anilines is 1. The summed E-state index contributed by atoms with van der Waals surface area (Å²) in [4.78, 5) is 30.9. The van der Waals surface area contributed by atoms with E-state index in [4.69, 9.17) is 11.6 Å². The number of carbonyl (C=O) groups excluding carboxylic acids is 2. The molecule has 0 bridgehead atoms. The third-order valence-corrected chi connectivity index (χ3v) is 6.18. The van der Waals surface area contributed by atoms with E-state index in [1.165, 1.54) is 15.3 Å².